The SMILES string of the molecule is COC(=O)c1cn2nc(Cl)cc(C3CC3)c2n1. The van der Waals surface area contributed by atoms with E-state index in [1.54, 1.807) is 10.7 Å². The van der Waals surface area contributed by atoms with Gasteiger partial charge in [0.2, 0.25) is 0 Å². The van der Waals surface area contributed by atoms with Crippen LogP contribution in [-0.4, -0.2) is 27.7 Å². The quantitative estimate of drug-likeness (QED) is 0.767. The van der Waals surface area contributed by atoms with Crippen molar-refractivity contribution in [3.63, 3.8) is 0 Å². The van der Waals surface area contributed by atoms with Gasteiger partial charge >= 0.3 is 5.97 Å². The molecule has 3 rings (SSSR count). The van der Waals surface area contributed by atoms with Crippen LogP contribution < -0.4 is 0 Å². The van der Waals surface area contributed by atoms with Gasteiger partial charge in [0, 0.05) is 5.56 Å². The predicted molar refractivity (Wildman–Crippen MR) is 61.3 cm³/mol. The van der Waals surface area contributed by atoms with Gasteiger partial charge in [-0.15, -0.1) is 0 Å². The first-order valence-corrected chi connectivity index (χ1v) is 5.71. The number of fused-ring (bicyclic) bond motifs is 1. The normalized spacial score (nSPS) is 15.2. The average molecular weight is 252 g/mol. The van der Waals surface area contributed by atoms with Crippen molar-refractivity contribution in [2.45, 2.75) is 18.8 Å². The Hall–Kier alpha value is -1.62. The van der Waals surface area contributed by atoms with Crippen molar-refractivity contribution in [3.8, 4) is 0 Å². The molecular weight excluding hydrogens is 242 g/mol. The van der Waals surface area contributed by atoms with E-state index in [0.717, 1.165) is 18.4 Å². The van der Waals surface area contributed by atoms with E-state index in [0.29, 0.717) is 16.7 Å². The summed E-state index contributed by atoms with van der Waals surface area (Å²) in [5.41, 5.74) is 2.00. The molecule has 1 aliphatic rings. The molecule has 5 nitrogen and oxygen atoms in total. The summed E-state index contributed by atoms with van der Waals surface area (Å²) in [6.45, 7) is 0. The van der Waals surface area contributed by atoms with Crippen LogP contribution in [0.3, 0.4) is 0 Å². The average Bonchev–Trinajstić information content (AvgIpc) is 3.07. The molecule has 2 heterocycles. The van der Waals surface area contributed by atoms with Crippen molar-refractivity contribution < 1.29 is 9.53 Å². The molecule has 0 unspecified atom stereocenters. The summed E-state index contributed by atoms with van der Waals surface area (Å²) >= 11 is 5.94. The summed E-state index contributed by atoms with van der Waals surface area (Å²) in [4.78, 5) is 15.7. The fourth-order valence-corrected chi connectivity index (χ4v) is 2.07. The zero-order valence-electron chi connectivity index (χ0n) is 9.18. The van der Waals surface area contributed by atoms with E-state index in [-0.39, 0.29) is 5.69 Å². The van der Waals surface area contributed by atoms with E-state index < -0.39 is 5.97 Å². The number of ether oxygens (including phenoxy) is 1. The van der Waals surface area contributed by atoms with E-state index in [2.05, 4.69) is 14.8 Å². The van der Waals surface area contributed by atoms with E-state index in [1.807, 2.05) is 6.07 Å². The largest absolute Gasteiger partial charge is 0.464 e. The lowest BCUT2D eigenvalue weighted by Crippen LogP contribution is -2.00. The second kappa shape index (κ2) is 3.70. The second-order valence-corrected chi connectivity index (χ2v) is 4.47. The highest BCUT2D eigenvalue weighted by molar-refractivity contribution is 6.29. The third-order valence-corrected chi connectivity index (χ3v) is 3.02. The van der Waals surface area contributed by atoms with Crippen molar-refractivity contribution in [2.75, 3.05) is 7.11 Å². The van der Waals surface area contributed by atoms with E-state index in [9.17, 15) is 4.79 Å². The Balaban J connectivity index is 2.20. The number of rotatable bonds is 2. The summed E-state index contributed by atoms with van der Waals surface area (Å²) in [5.74, 6) is 0.0271. The molecule has 2 aromatic heterocycles. The lowest BCUT2D eigenvalue weighted by atomic mass is 10.2. The summed E-state index contributed by atoms with van der Waals surface area (Å²) in [6.07, 6.45) is 3.81. The van der Waals surface area contributed by atoms with Gasteiger partial charge in [0.25, 0.3) is 0 Å². The number of carbonyl (C=O) groups is 1. The Morgan fingerprint density at radius 1 is 1.59 bits per heavy atom. The van der Waals surface area contributed by atoms with Gasteiger partial charge < -0.3 is 4.74 Å². The maximum absolute atomic E-state index is 11.4. The first-order valence-electron chi connectivity index (χ1n) is 5.33. The molecule has 0 aliphatic heterocycles. The molecule has 0 radical (unpaired) electrons. The molecule has 0 saturated heterocycles. The topological polar surface area (TPSA) is 56.5 Å². The number of methoxy groups -OCH3 is 1. The molecule has 1 fully saturated rings. The van der Waals surface area contributed by atoms with Crippen LogP contribution in [0.1, 0.15) is 34.8 Å². The molecule has 0 spiro atoms. The minimum atomic E-state index is -0.464. The van der Waals surface area contributed by atoms with Crippen LogP contribution in [0.5, 0.6) is 0 Å². The standard InChI is InChI=1S/C11H10ClN3O2/c1-17-11(16)8-5-15-10(13-8)7(6-2-3-6)4-9(12)14-15/h4-6H,2-3H2,1H3. The van der Waals surface area contributed by atoms with E-state index >= 15 is 0 Å². The van der Waals surface area contributed by atoms with Crippen LogP contribution in [0.15, 0.2) is 12.3 Å². The van der Waals surface area contributed by atoms with Gasteiger partial charge in [-0.1, -0.05) is 11.6 Å². The Bertz CT molecular complexity index is 604. The number of aromatic nitrogens is 3. The van der Waals surface area contributed by atoms with Gasteiger partial charge in [-0.3, -0.25) is 0 Å². The monoisotopic (exact) mass is 251 g/mol. The van der Waals surface area contributed by atoms with Gasteiger partial charge in [0.1, 0.15) is 5.15 Å². The summed E-state index contributed by atoms with van der Waals surface area (Å²) in [6, 6.07) is 1.82. The number of imidazole rings is 1. The molecule has 2 aromatic rings. The maximum atomic E-state index is 11.4. The molecule has 1 saturated carbocycles. The second-order valence-electron chi connectivity index (χ2n) is 4.08. The van der Waals surface area contributed by atoms with Crippen molar-refractivity contribution in [2.24, 2.45) is 0 Å². The smallest absolute Gasteiger partial charge is 0.358 e. The minimum absolute atomic E-state index is 0.254. The van der Waals surface area contributed by atoms with Gasteiger partial charge in [0.05, 0.1) is 13.3 Å². The van der Waals surface area contributed by atoms with Crippen LogP contribution in [-0.2, 0) is 4.74 Å². The predicted octanol–water partition coefficient (Wildman–Crippen LogP) is 2.05. The number of hydrogen-bond donors (Lipinski definition) is 0. The zero-order chi connectivity index (χ0) is 12.0. The molecular formula is C11H10ClN3O2. The lowest BCUT2D eigenvalue weighted by Gasteiger charge is -2.00. The molecule has 0 aromatic carbocycles. The molecule has 17 heavy (non-hydrogen) atoms. The molecule has 6 heteroatoms. The van der Waals surface area contributed by atoms with Gasteiger partial charge in [-0.25, -0.2) is 14.3 Å². The highest BCUT2D eigenvalue weighted by atomic mass is 35.5. The van der Waals surface area contributed by atoms with Crippen molar-refractivity contribution in [3.05, 3.63) is 28.7 Å². The van der Waals surface area contributed by atoms with Crippen LogP contribution in [0.4, 0.5) is 0 Å². The highest BCUT2D eigenvalue weighted by Gasteiger charge is 2.28. The number of carbonyl (C=O) groups excluding carboxylic acids is 1. The van der Waals surface area contributed by atoms with Gasteiger partial charge in [-0.2, -0.15) is 5.10 Å². The summed E-state index contributed by atoms with van der Waals surface area (Å²) < 4.78 is 6.18. The maximum Gasteiger partial charge on any atom is 0.358 e. The summed E-state index contributed by atoms with van der Waals surface area (Å²) in [7, 11) is 1.33. The fourth-order valence-electron chi connectivity index (χ4n) is 1.87. The molecule has 0 bridgehead atoms. The number of esters is 1. The molecule has 0 atom stereocenters. The van der Waals surface area contributed by atoms with Crippen LogP contribution >= 0.6 is 11.6 Å². The lowest BCUT2D eigenvalue weighted by molar-refractivity contribution is 0.0595. The molecule has 1 aliphatic carbocycles. The van der Waals surface area contributed by atoms with Crippen LogP contribution in [0.25, 0.3) is 5.65 Å². The number of nitrogens with zero attached hydrogens (tertiary/aromatic N) is 3. The molecule has 0 N–H and O–H groups in total. The Kier molecular flexibility index (Phi) is 2.29. The zero-order valence-corrected chi connectivity index (χ0v) is 9.94. The highest BCUT2D eigenvalue weighted by Crippen LogP contribution is 2.42. The third kappa shape index (κ3) is 1.76. The first kappa shape index (κ1) is 10.5. The molecule has 88 valence electrons. The van der Waals surface area contributed by atoms with Gasteiger partial charge in [-0.05, 0) is 24.8 Å². The number of halogens is 1. The minimum Gasteiger partial charge on any atom is -0.464 e. The van der Waals surface area contributed by atoms with Crippen LogP contribution in [0.2, 0.25) is 5.15 Å². The first-order chi connectivity index (χ1) is 8.19. The van der Waals surface area contributed by atoms with E-state index in [1.165, 1.54) is 7.11 Å². The summed E-state index contributed by atoms with van der Waals surface area (Å²) in [5, 5.41) is 4.51. The molecule has 0 amide bonds. The van der Waals surface area contributed by atoms with Gasteiger partial charge in [0.15, 0.2) is 11.3 Å². The fraction of sp³-hybridized carbons (Fsp3) is 0.364. The Labute approximate surface area is 102 Å². The van der Waals surface area contributed by atoms with Crippen molar-refractivity contribution in [1.29, 1.82) is 0 Å². The van der Waals surface area contributed by atoms with Crippen LogP contribution in [0, 0.1) is 0 Å². The Morgan fingerprint density at radius 3 is 3.00 bits per heavy atom. The number of hydrogen-bond acceptors (Lipinski definition) is 4. The van der Waals surface area contributed by atoms with Crippen molar-refractivity contribution in [1.82, 2.24) is 14.6 Å². The third-order valence-electron chi connectivity index (χ3n) is 2.84. The van der Waals surface area contributed by atoms with Crippen molar-refractivity contribution >= 4 is 23.2 Å². The van der Waals surface area contributed by atoms with E-state index in [4.69, 9.17) is 11.6 Å². The Morgan fingerprint density at radius 2 is 2.35 bits per heavy atom.